The summed E-state index contributed by atoms with van der Waals surface area (Å²) in [6.45, 7) is 3.20. The van der Waals surface area contributed by atoms with Crippen LogP contribution < -0.4 is 0 Å². The molecule has 4 nitrogen and oxygen atoms in total. The normalized spacial score (nSPS) is 11.1. The number of hydrogen-bond donors (Lipinski definition) is 0. The Morgan fingerprint density at radius 3 is 2.94 bits per heavy atom. The molecule has 0 saturated carbocycles. The van der Waals surface area contributed by atoms with Crippen molar-refractivity contribution >= 4 is 27.5 Å². The van der Waals surface area contributed by atoms with Gasteiger partial charge in [-0.3, -0.25) is 9.69 Å². The largest absolute Gasteiger partial charge is 0.465 e. The van der Waals surface area contributed by atoms with Crippen molar-refractivity contribution in [3.8, 4) is 0 Å². The van der Waals surface area contributed by atoms with Gasteiger partial charge in [-0.25, -0.2) is 4.98 Å². The number of para-hydroxylation sites is 1. The maximum absolute atomic E-state index is 11.3. The summed E-state index contributed by atoms with van der Waals surface area (Å²) in [4.78, 5) is 17.8. The quantitative estimate of drug-likeness (QED) is 0.777. The first-order valence-corrected chi connectivity index (χ1v) is 6.69. The van der Waals surface area contributed by atoms with Crippen LogP contribution in [0.5, 0.6) is 0 Å². The molecule has 0 aliphatic carbocycles. The molecule has 0 radical (unpaired) electrons. The first-order chi connectivity index (χ1) is 8.69. The minimum atomic E-state index is -0.193. The Balaban J connectivity index is 1.98. The summed E-state index contributed by atoms with van der Waals surface area (Å²) in [5.41, 5.74) is 1.02. The lowest BCUT2D eigenvalue weighted by Gasteiger charge is -2.13. The van der Waals surface area contributed by atoms with Crippen molar-refractivity contribution in [2.24, 2.45) is 0 Å². The number of fused-ring (bicyclic) bond motifs is 1. The van der Waals surface area contributed by atoms with Crippen molar-refractivity contribution in [2.75, 3.05) is 20.2 Å². The van der Waals surface area contributed by atoms with Crippen LogP contribution in [0.1, 0.15) is 11.9 Å². The van der Waals surface area contributed by atoms with Gasteiger partial charge in [0.05, 0.1) is 29.9 Å². The van der Waals surface area contributed by atoms with Crippen LogP contribution in [-0.4, -0.2) is 36.1 Å². The predicted octanol–water partition coefficient (Wildman–Crippen LogP) is 2.29. The fourth-order valence-electron chi connectivity index (χ4n) is 1.70. The number of esters is 1. The molecule has 5 heteroatoms. The molecule has 0 bridgehead atoms. The highest BCUT2D eigenvalue weighted by atomic mass is 32.1. The summed E-state index contributed by atoms with van der Waals surface area (Å²) < 4.78 is 6.09. The van der Waals surface area contributed by atoms with Crippen LogP contribution in [0, 0.1) is 0 Å². The van der Waals surface area contributed by atoms with E-state index in [9.17, 15) is 4.79 Å². The molecule has 1 aromatic carbocycles. The molecule has 0 aliphatic heterocycles. The second-order valence-electron chi connectivity index (χ2n) is 4.05. The Hall–Kier alpha value is -1.46. The summed E-state index contributed by atoms with van der Waals surface area (Å²) in [6, 6.07) is 8.04. The number of nitrogens with zero attached hydrogens (tertiary/aromatic N) is 2. The van der Waals surface area contributed by atoms with Crippen molar-refractivity contribution in [3.63, 3.8) is 0 Å². The Labute approximate surface area is 110 Å². The van der Waals surface area contributed by atoms with Crippen LogP contribution >= 0.6 is 11.3 Å². The van der Waals surface area contributed by atoms with Gasteiger partial charge >= 0.3 is 5.97 Å². The zero-order valence-corrected chi connectivity index (χ0v) is 11.4. The average Bonchev–Trinajstić information content (AvgIpc) is 2.70. The summed E-state index contributed by atoms with van der Waals surface area (Å²) in [7, 11) is 1.89. The van der Waals surface area contributed by atoms with E-state index in [0.717, 1.165) is 10.5 Å². The van der Waals surface area contributed by atoms with Crippen LogP contribution in [0.15, 0.2) is 24.3 Å². The number of thiazole rings is 1. The molecule has 96 valence electrons. The van der Waals surface area contributed by atoms with Crippen molar-refractivity contribution < 1.29 is 9.53 Å². The highest BCUT2D eigenvalue weighted by Crippen LogP contribution is 2.22. The van der Waals surface area contributed by atoms with Gasteiger partial charge in [0.25, 0.3) is 0 Å². The highest BCUT2D eigenvalue weighted by molar-refractivity contribution is 7.18. The molecular weight excluding hydrogens is 248 g/mol. The Kier molecular flexibility index (Phi) is 4.28. The number of aromatic nitrogens is 1. The minimum absolute atomic E-state index is 0.193. The molecule has 1 aromatic heterocycles. The molecular formula is C13H16N2O2S. The van der Waals surface area contributed by atoms with E-state index >= 15 is 0 Å². The van der Waals surface area contributed by atoms with Gasteiger partial charge in [-0.2, -0.15) is 0 Å². The van der Waals surface area contributed by atoms with Gasteiger partial charge in [-0.1, -0.05) is 12.1 Å². The van der Waals surface area contributed by atoms with Crippen molar-refractivity contribution in [2.45, 2.75) is 13.5 Å². The van der Waals surface area contributed by atoms with Gasteiger partial charge in [0.1, 0.15) is 5.01 Å². The fraction of sp³-hybridized carbons (Fsp3) is 0.385. The molecule has 0 fully saturated rings. The van der Waals surface area contributed by atoms with Gasteiger partial charge in [0.2, 0.25) is 0 Å². The second kappa shape index (κ2) is 5.93. The summed E-state index contributed by atoms with van der Waals surface area (Å²) in [5.74, 6) is -0.193. The molecule has 0 spiro atoms. The first-order valence-electron chi connectivity index (χ1n) is 5.87. The van der Waals surface area contributed by atoms with Gasteiger partial charge in [0.15, 0.2) is 0 Å². The minimum Gasteiger partial charge on any atom is -0.465 e. The van der Waals surface area contributed by atoms with Crippen molar-refractivity contribution in [3.05, 3.63) is 29.3 Å². The topological polar surface area (TPSA) is 42.4 Å². The molecule has 18 heavy (non-hydrogen) atoms. The second-order valence-corrected chi connectivity index (χ2v) is 5.17. The molecule has 0 aliphatic rings. The molecule has 0 N–H and O–H groups in total. The van der Waals surface area contributed by atoms with E-state index in [1.807, 2.05) is 37.1 Å². The molecule has 0 saturated heterocycles. The van der Waals surface area contributed by atoms with E-state index < -0.39 is 0 Å². The molecule has 2 aromatic rings. The third kappa shape index (κ3) is 3.27. The predicted molar refractivity (Wildman–Crippen MR) is 72.6 cm³/mol. The Morgan fingerprint density at radius 1 is 1.44 bits per heavy atom. The van der Waals surface area contributed by atoms with Crippen molar-refractivity contribution in [1.82, 2.24) is 9.88 Å². The summed E-state index contributed by atoms with van der Waals surface area (Å²) >= 11 is 1.66. The third-order valence-electron chi connectivity index (χ3n) is 2.45. The zero-order chi connectivity index (χ0) is 13.0. The van der Waals surface area contributed by atoms with Crippen molar-refractivity contribution in [1.29, 1.82) is 0 Å². The molecule has 0 amide bonds. The molecule has 1 heterocycles. The number of rotatable bonds is 5. The lowest BCUT2D eigenvalue weighted by atomic mass is 10.3. The van der Waals surface area contributed by atoms with E-state index in [1.165, 1.54) is 4.70 Å². The van der Waals surface area contributed by atoms with E-state index in [1.54, 1.807) is 11.3 Å². The maximum atomic E-state index is 11.3. The van der Waals surface area contributed by atoms with Gasteiger partial charge in [-0.05, 0) is 26.1 Å². The van der Waals surface area contributed by atoms with E-state index in [2.05, 4.69) is 11.1 Å². The summed E-state index contributed by atoms with van der Waals surface area (Å²) in [5, 5.41) is 1.02. The smallest absolute Gasteiger partial charge is 0.320 e. The number of carbonyl (C=O) groups is 1. The maximum Gasteiger partial charge on any atom is 0.320 e. The highest BCUT2D eigenvalue weighted by Gasteiger charge is 2.10. The Bertz CT molecular complexity index is 506. The number of carbonyl (C=O) groups excluding carboxylic acids is 1. The van der Waals surface area contributed by atoms with Crippen LogP contribution in [0.3, 0.4) is 0 Å². The van der Waals surface area contributed by atoms with Gasteiger partial charge < -0.3 is 4.74 Å². The lowest BCUT2D eigenvalue weighted by Crippen LogP contribution is -2.26. The number of benzene rings is 1. The number of hydrogen-bond acceptors (Lipinski definition) is 5. The third-order valence-corrected chi connectivity index (χ3v) is 3.47. The number of likely N-dealkylation sites (N-methyl/N-ethyl adjacent to an activating group) is 1. The zero-order valence-electron chi connectivity index (χ0n) is 10.5. The van der Waals surface area contributed by atoms with Crippen LogP contribution in [0.25, 0.3) is 10.2 Å². The standard InChI is InChI=1S/C13H16N2O2S/c1-3-17-13(16)9-15(2)8-12-14-10-6-4-5-7-11(10)18-12/h4-7H,3,8-9H2,1-2H3. The molecule has 2 rings (SSSR count). The fourth-order valence-corrected chi connectivity index (χ4v) is 2.75. The average molecular weight is 264 g/mol. The monoisotopic (exact) mass is 264 g/mol. The van der Waals surface area contributed by atoms with Gasteiger partial charge in [-0.15, -0.1) is 11.3 Å². The Morgan fingerprint density at radius 2 is 2.22 bits per heavy atom. The van der Waals surface area contributed by atoms with Crippen LogP contribution in [0.4, 0.5) is 0 Å². The SMILES string of the molecule is CCOC(=O)CN(C)Cc1nc2ccccc2s1. The lowest BCUT2D eigenvalue weighted by molar-refractivity contribution is -0.144. The number of ether oxygens (including phenoxy) is 1. The van der Waals surface area contributed by atoms with E-state index in [0.29, 0.717) is 19.7 Å². The summed E-state index contributed by atoms with van der Waals surface area (Å²) in [6.07, 6.45) is 0. The molecule has 0 unspecified atom stereocenters. The van der Waals surface area contributed by atoms with Gasteiger partial charge in [0, 0.05) is 0 Å². The van der Waals surface area contributed by atoms with Crippen LogP contribution in [-0.2, 0) is 16.1 Å². The van der Waals surface area contributed by atoms with E-state index in [4.69, 9.17) is 4.74 Å². The first kappa shape index (κ1) is 13.0. The molecule has 0 atom stereocenters. The van der Waals surface area contributed by atoms with E-state index in [-0.39, 0.29) is 5.97 Å². The van der Waals surface area contributed by atoms with Crippen LogP contribution in [0.2, 0.25) is 0 Å².